The maximum Gasteiger partial charge on any atom is 0.407 e. The van der Waals surface area contributed by atoms with Gasteiger partial charge in [0.05, 0.1) is 6.42 Å². The Kier molecular flexibility index (Phi) is 6.18. The molecule has 0 radical (unpaired) electrons. The second-order valence-corrected chi connectivity index (χ2v) is 8.81. The predicted octanol–water partition coefficient (Wildman–Crippen LogP) is 3.15. The van der Waals surface area contributed by atoms with E-state index in [0.717, 1.165) is 27.2 Å². The van der Waals surface area contributed by atoms with E-state index in [1.54, 1.807) is 0 Å². The van der Waals surface area contributed by atoms with Crippen LogP contribution in [0.2, 0.25) is 0 Å². The van der Waals surface area contributed by atoms with Crippen molar-refractivity contribution in [2.75, 3.05) is 6.61 Å². The van der Waals surface area contributed by atoms with Gasteiger partial charge >= 0.3 is 12.1 Å². The minimum absolute atomic E-state index is 0.0270. The van der Waals surface area contributed by atoms with Crippen molar-refractivity contribution in [2.24, 2.45) is 5.92 Å². The van der Waals surface area contributed by atoms with Crippen LogP contribution in [-0.2, 0) is 19.1 Å². The van der Waals surface area contributed by atoms with Crippen molar-refractivity contribution in [1.29, 1.82) is 0 Å². The molecular formula is C25H26N2O6. The number of carbonyl (C=O) groups excluding carboxylic acids is 3. The quantitative estimate of drug-likeness (QED) is 0.627. The van der Waals surface area contributed by atoms with Gasteiger partial charge < -0.3 is 15.2 Å². The lowest BCUT2D eigenvalue weighted by Crippen LogP contribution is -2.49. The third kappa shape index (κ3) is 4.33. The number of carboxylic acid groups (broad SMARTS) is 1. The Balaban J connectivity index is 1.41. The molecule has 33 heavy (non-hydrogen) atoms. The fraction of sp³-hybridized carbons (Fsp3) is 0.360. The smallest absolute Gasteiger partial charge is 0.407 e. The monoisotopic (exact) mass is 450 g/mol. The number of rotatable bonds is 7. The van der Waals surface area contributed by atoms with E-state index in [1.807, 2.05) is 62.4 Å². The van der Waals surface area contributed by atoms with Crippen LogP contribution in [0.3, 0.4) is 0 Å². The Labute approximate surface area is 191 Å². The highest BCUT2D eigenvalue weighted by Crippen LogP contribution is 2.44. The summed E-state index contributed by atoms with van der Waals surface area (Å²) in [6.07, 6.45) is -0.962. The molecule has 1 aliphatic carbocycles. The fourth-order valence-corrected chi connectivity index (χ4v) is 4.64. The number of aliphatic carboxylic acids is 1. The number of benzene rings is 2. The van der Waals surface area contributed by atoms with E-state index in [4.69, 9.17) is 4.74 Å². The van der Waals surface area contributed by atoms with Crippen LogP contribution in [0.15, 0.2) is 48.5 Å². The summed E-state index contributed by atoms with van der Waals surface area (Å²) in [5.74, 6) is -2.74. The molecule has 172 valence electrons. The number of fused-ring (bicyclic) bond motifs is 3. The van der Waals surface area contributed by atoms with Gasteiger partial charge in [0.2, 0.25) is 5.91 Å². The van der Waals surface area contributed by atoms with Crippen molar-refractivity contribution in [1.82, 2.24) is 10.2 Å². The standard InChI is InChI=1S/C25H26N2O6/c1-14(2)11-21(24(30)31)27-22(28)12-20(23(27)29)26-25(32)33-13-19-17-9-5-3-7-15(17)16-8-4-6-10-18(16)19/h3-10,14,19-21H,11-13H2,1-2H3,(H,26,32)(H,30,31)/t20-,21+/m1/s1. The second kappa shape index (κ2) is 9.05. The van der Waals surface area contributed by atoms with Gasteiger partial charge in [0, 0.05) is 5.92 Å². The highest BCUT2D eigenvalue weighted by atomic mass is 16.5. The van der Waals surface area contributed by atoms with Crippen LogP contribution < -0.4 is 5.32 Å². The van der Waals surface area contributed by atoms with Gasteiger partial charge in [0.25, 0.3) is 5.91 Å². The first-order valence-corrected chi connectivity index (χ1v) is 11.0. The normalized spacial score (nSPS) is 18.3. The average molecular weight is 450 g/mol. The molecule has 2 atom stereocenters. The summed E-state index contributed by atoms with van der Waals surface area (Å²) in [6.45, 7) is 3.70. The van der Waals surface area contributed by atoms with Gasteiger partial charge in [0.1, 0.15) is 18.7 Å². The molecule has 4 rings (SSSR count). The molecule has 8 nitrogen and oxygen atoms in total. The second-order valence-electron chi connectivity index (χ2n) is 8.81. The van der Waals surface area contributed by atoms with E-state index < -0.39 is 36.0 Å². The van der Waals surface area contributed by atoms with Crippen molar-refractivity contribution < 1.29 is 29.0 Å². The summed E-state index contributed by atoms with van der Waals surface area (Å²) in [7, 11) is 0. The minimum atomic E-state index is -1.25. The molecule has 2 aliphatic rings. The number of nitrogens with one attached hydrogen (secondary N) is 1. The molecule has 0 saturated carbocycles. The molecule has 0 aromatic heterocycles. The van der Waals surface area contributed by atoms with E-state index in [1.165, 1.54) is 0 Å². The number of carbonyl (C=O) groups is 4. The molecule has 1 fully saturated rings. The number of nitrogens with zero attached hydrogens (tertiary/aromatic N) is 1. The lowest BCUT2D eigenvalue weighted by Gasteiger charge is -2.24. The molecule has 1 saturated heterocycles. The molecule has 0 bridgehead atoms. The van der Waals surface area contributed by atoms with Gasteiger partial charge in [-0.25, -0.2) is 9.59 Å². The molecule has 2 aromatic rings. The molecule has 0 unspecified atom stereocenters. The first-order chi connectivity index (χ1) is 15.8. The molecule has 2 aromatic carbocycles. The van der Waals surface area contributed by atoms with Crippen molar-refractivity contribution in [2.45, 2.75) is 44.7 Å². The molecule has 2 N–H and O–H groups in total. The topological polar surface area (TPSA) is 113 Å². The van der Waals surface area contributed by atoms with Crippen molar-refractivity contribution in [3.8, 4) is 11.1 Å². The van der Waals surface area contributed by atoms with E-state index in [0.29, 0.717) is 0 Å². The number of ether oxygens (including phenoxy) is 1. The zero-order chi connectivity index (χ0) is 23.7. The van der Waals surface area contributed by atoms with Crippen LogP contribution in [0.4, 0.5) is 4.79 Å². The SMILES string of the molecule is CC(C)C[C@@H](C(=O)O)N1C(=O)C[C@@H](NC(=O)OCC2c3ccccc3-c3ccccc32)C1=O. The van der Waals surface area contributed by atoms with E-state index in [9.17, 15) is 24.3 Å². The van der Waals surface area contributed by atoms with E-state index >= 15 is 0 Å². The predicted molar refractivity (Wildman–Crippen MR) is 119 cm³/mol. The largest absolute Gasteiger partial charge is 0.480 e. The Morgan fingerprint density at radius 3 is 2.18 bits per heavy atom. The number of hydrogen-bond acceptors (Lipinski definition) is 5. The molecule has 3 amide bonds. The van der Waals surface area contributed by atoms with Gasteiger partial charge in [-0.2, -0.15) is 0 Å². The van der Waals surface area contributed by atoms with Crippen LogP contribution in [0.5, 0.6) is 0 Å². The number of likely N-dealkylation sites (tertiary alicyclic amines) is 1. The molecule has 0 spiro atoms. The lowest BCUT2D eigenvalue weighted by atomic mass is 9.98. The molecule has 1 aliphatic heterocycles. The molecular weight excluding hydrogens is 424 g/mol. The summed E-state index contributed by atoms with van der Waals surface area (Å²) in [5, 5.41) is 11.9. The van der Waals surface area contributed by atoms with Crippen molar-refractivity contribution >= 4 is 23.9 Å². The van der Waals surface area contributed by atoms with Gasteiger partial charge in [0.15, 0.2) is 0 Å². The molecule has 1 heterocycles. The van der Waals surface area contributed by atoms with Gasteiger partial charge in [-0.3, -0.25) is 14.5 Å². The first-order valence-electron chi connectivity index (χ1n) is 11.0. The third-order valence-electron chi connectivity index (χ3n) is 6.11. The van der Waals surface area contributed by atoms with Crippen LogP contribution in [0, 0.1) is 5.92 Å². The molecule has 8 heteroatoms. The summed E-state index contributed by atoms with van der Waals surface area (Å²) in [4.78, 5) is 50.0. The Morgan fingerprint density at radius 1 is 1.06 bits per heavy atom. The third-order valence-corrected chi connectivity index (χ3v) is 6.11. The maximum absolute atomic E-state index is 12.7. The fourth-order valence-electron chi connectivity index (χ4n) is 4.64. The number of carboxylic acids is 1. The first kappa shape index (κ1) is 22.5. The van der Waals surface area contributed by atoms with Gasteiger partial charge in [-0.15, -0.1) is 0 Å². The summed E-state index contributed by atoms with van der Waals surface area (Å²) >= 11 is 0. The van der Waals surface area contributed by atoms with Crippen molar-refractivity contribution in [3.63, 3.8) is 0 Å². The zero-order valence-corrected chi connectivity index (χ0v) is 18.5. The maximum atomic E-state index is 12.7. The zero-order valence-electron chi connectivity index (χ0n) is 18.5. The highest BCUT2D eigenvalue weighted by Gasteiger charge is 2.46. The van der Waals surface area contributed by atoms with Crippen molar-refractivity contribution in [3.05, 3.63) is 59.7 Å². The van der Waals surface area contributed by atoms with E-state index in [-0.39, 0.29) is 31.3 Å². The van der Waals surface area contributed by atoms with Crippen LogP contribution >= 0.6 is 0 Å². The average Bonchev–Trinajstić information content (AvgIpc) is 3.24. The van der Waals surface area contributed by atoms with Gasteiger partial charge in [-0.1, -0.05) is 62.4 Å². The lowest BCUT2D eigenvalue weighted by molar-refractivity contribution is -0.155. The highest BCUT2D eigenvalue weighted by molar-refractivity contribution is 6.08. The van der Waals surface area contributed by atoms with Crippen LogP contribution in [-0.4, -0.2) is 52.6 Å². The summed E-state index contributed by atoms with van der Waals surface area (Å²) in [6, 6.07) is 13.5. The van der Waals surface area contributed by atoms with Gasteiger partial charge in [-0.05, 0) is 34.6 Å². The number of alkyl carbamates (subject to hydrolysis) is 1. The van der Waals surface area contributed by atoms with Crippen LogP contribution in [0.1, 0.15) is 43.7 Å². The van der Waals surface area contributed by atoms with Crippen LogP contribution in [0.25, 0.3) is 11.1 Å². The number of imide groups is 1. The Bertz CT molecular complexity index is 1070. The van der Waals surface area contributed by atoms with E-state index in [2.05, 4.69) is 5.32 Å². The summed E-state index contributed by atoms with van der Waals surface area (Å²) in [5.41, 5.74) is 4.31. The Hall–Kier alpha value is -3.68. The number of amides is 3. The minimum Gasteiger partial charge on any atom is -0.480 e. The summed E-state index contributed by atoms with van der Waals surface area (Å²) < 4.78 is 5.44. The number of hydrogen-bond donors (Lipinski definition) is 2. The Morgan fingerprint density at radius 2 is 1.64 bits per heavy atom.